The molecule has 3 rings (SSSR count). The fourth-order valence-electron chi connectivity index (χ4n) is 3.35. The molecule has 3 N–H and O–H groups in total. The number of nitrogens with zero attached hydrogens (tertiary/aromatic N) is 4. The maximum Gasteiger partial charge on any atom is 0.274 e. The normalized spacial score (nSPS) is 11.4. The molecule has 0 radical (unpaired) electrons. The van der Waals surface area contributed by atoms with E-state index < -0.39 is 29.4 Å². The first-order valence-corrected chi connectivity index (χ1v) is 12.0. The zero-order chi connectivity index (χ0) is 26.9. The highest BCUT2D eigenvalue weighted by atomic mass is 32.2. The molecular formula is C24H26N6O6S. The molecule has 37 heavy (non-hydrogen) atoms. The van der Waals surface area contributed by atoms with E-state index in [1.54, 1.807) is 54.0 Å². The number of carbonyl (C=O) groups excluding carboxylic acids is 2. The van der Waals surface area contributed by atoms with Gasteiger partial charge in [0.2, 0.25) is 5.91 Å². The molecule has 0 saturated carbocycles. The number of hydrogen-bond acceptors (Lipinski definition) is 9. The molecule has 12 nitrogen and oxygen atoms in total. The second kappa shape index (κ2) is 12.6. The van der Waals surface area contributed by atoms with E-state index in [-0.39, 0.29) is 18.0 Å². The lowest BCUT2D eigenvalue weighted by atomic mass is 10.2. The quantitative estimate of drug-likeness (QED) is 0.139. The van der Waals surface area contributed by atoms with Crippen LogP contribution in [0.5, 0.6) is 5.75 Å². The molecule has 0 aliphatic heterocycles. The largest absolute Gasteiger partial charge is 0.497 e. The standard InChI is InChI=1S/C24H26N6O6S/c1-4-11-29-22(19(13-31)26-23(33)16-6-9-18(36-3)10-7-16)27-28-24(29)37-14-21(32)25-17-8-5-15(2)20(12-17)30(34)35/h4-10,12,19,31H,1,11,13-14H2,2-3H3,(H,25,32)(H,26,33)/t19-/m1/s1. The highest BCUT2D eigenvalue weighted by Gasteiger charge is 2.23. The van der Waals surface area contributed by atoms with E-state index in [0.29, 0.717) is 33.5 Å². The third-order valence-corrected chi connectivity index (χ3v) is 6.20. The summed E-state index contributed by atoms with van der Waals surface area (Å²) < 4.78 is 6.73. The van der Waals surface area contributed by atoms with E-state index in [1.165, 1.54) is 13.2 Å². The number of amides is 2. The van der Waals surface area contributed by atoms with E-state index in [2.05, 4.69) is 27.4 Å². The van der Waals surface area contributed by atoms with Crippen LogP contribution in [0.1, 0.15) is 27.8 Å². The molecule has 3 aromatic rings. The number of nitro groups is 1. The van der Waals surface area contributed by atoms with E-state index in [0.717, 1.165) is 11.8 Å². The van der Waals surface area contributed by atoms with Gasteiger partial charge >= 0.3 is 0 Å². The molecular weight excluding hydrogens is 500 g/mol. The molecule has 0 saturated heterocycles. The molecule has 2 amide bonds. The number of aliphatic hydroxyl groups excluding tert-OH is 1. The number of aliphatic hydroxyl groups is 1. The highest BCUT2D eigenvalue weighted by Crippen LogP contribution is 2.24. The lowest BCUT2D eigenvalue weighted by molar-refractivity contribution is -0.385. The molecule has 0 aliphatic carbocycles. The molecule has 0 aliphatic rings. The summed E-state index contributed by atoms with van der Waals surface area (Å²) in [5.41, 5.74) is 1.07. The van der Waals surface area contributed by atoms with Crippen LogP contribution in [0.3, 0.4) is 0 Å². The van der Waals surface area contributed by atoms with Crippen LogP contribution in [0.15, 0.2) is 60.3 Å². The summed E-state index contributed by atoms with van der Waals surface area (Å²) in [4.78, 5) is 35.8. The van der Waals surface area contributed by atoms with Crippen molar-refractivity contribution in [2.45, 2.75) is 24.7 Å². The Labute approximate surface area is 216 Å². The fourth-order valence-corrected chi connectivity index (χ4v) is 4.11. The summed E-state index contributed by atoms with van der Waals surface area (Å²) in [7, 11) is 1.52. The van der Waals surface area contributed by atoms with Crippen molar-refractivity contribution in [3.05, 3.63) is 82.2 Å². The number of benzene rings is 2. The summed E-state index contributed by atoms with van der Waals surface area (Å²) >= 11 is 1.08. The average molecular weight is 527 g/mol. The lowest BCUT2D eigenvalue weighted by Gasteiger charge is -2.17. The SMILES string of the molecule is C=CCn1c(SCC(=O)Nc2ccc(C)c([N+](=O)[O-])c2)nnc1[C@@H](CO)NC(=O)c1ccc(OC)cc1. The van der Waals surface area contributed by atoms with Gasteiger partial charge in [-0.1, -0.05) is 23.9 Å². The van der Waals surface area contributed by atoms with Gasteiger partial charge < -0.3 is 25.0 Å². The summed E-state index contributed by atoms with van der Waals surface area (Å²) in [6.45, 7) is 5.17. The van der Waals surface area contributed by atoms with Gasteiger partial charge in [-0.3, -0.25) is 19.7 Å². The predicted octanol–water partition coefficient (Wildman–Crippen LogP) is 2.88. The van der Waals surface area contributed by atoms with Gasteiger partial charge in [-0.15, -0.1) is 16.8 Å². The average Bonchev–Trinajstić information content (AvgIpc) is 3.29. The Kier molecular flexibility index (Phi) is 9.35. The number of hydrogen-bond donors (Lipinski definition) is 3. The van der Waals surface area contributed by atoms with Gasteiger partial charge in [0, 0.05) is 29.4 Å². The minimum atomic E-state index is -0.863. The van der Waals surface area contributed by atoms with Crippen LogP contribution < -0.4 is 15.4 Å². The van der Waals surface area contributed by atoms with Gasteiger partial charge in [-0.25, -0.2) is 0 Å². The van der Waals surface area contributed by atoms with Gasteiger partial charge in [-0.2, -0.15) is 0 Å². The number of thioether (sulfide) groups is 1. The van der Waals surface area contributed by atoms with Crippen molar-refractivity contribution in [1.82, 2.24) is 20.1 Å². The van der Waals surface area contributed by atoms with Crippen LogP contribution >= 0.6 is 11.8 Å². The Hall–Kier alpha value is -4.23. The van der Waals surface area contributed by atoms with Crippen LogP contribution in [-0.2, 0) is 11.3 Å². The number of ether oxygens (including phenoxy) is 1. The molecule has 1 atom stereocenters. The summed E-state index contributed by atoms with van der Waals surface area (Å²) in [5, 5.41) is 35.1. The zero-order valence-corrected chi connectivity index (χ0v) is 21.0. The van der Waals surface area contributed by atoms with Gasteiger partial charge in [0.05, 0.1) is 24.4 Å². The molecule has 0 fully saturated rings. The first-order valence-electron chi connectivity index (χ1n) is 11.0. The topological polar surface area (TPSA) is 162 Å². The summed E-state index contributed by atoms with van der Waals surface area (Å²) in [5.74, 6) is 0.0208. The van der Waals surface area contributed by atoms with Crippen molar-refractivity contribution >= 4 is 35.0 Å². The Morgan fingerprint density at radius 2 is 2.00 bits per heavy atom. The molecule has 0 spiro atoms. The maximum absolute atomic E-state index is 12.7. The van der Waals surface area contributed by atoms with Crippen molar-refractivity contribution in [3.63, 3.8) is 0 Å². The zero-order valence-electron chi connectivity index (χ0n) is 20.2. The Balaban J connectivity index is 1.70. The van der Waals surface area contributed by atoms with Crippen LogP contribution in [0.25, 0.3) is 0 Å². The number of nitro benzene ring substituents is 1. The van der Waals surface area contributed by atoms with Crippen LogP contribution in [0.2, 0.25) is 0 Å². The fraction of sp³-hybridized carbons (Fsp3) is 0.250. The Morgan fingerprint density at radius 3 is 2.62 bits per heavy atom. The van der Waals surface area contributed by atoms with Crippen molar-refractivity contribution in [1.29, 1.82) is 0 Å². The lowest BCUT2D eigenvalue weighted by Crippen LogP contribution is -2.33. The van der Waals surface area contributed by atoms with E-state index in [9.17, 15) is 24.8 Å². The van der Waals surface area contributed by atoms with E-state index >= 15 is 0 Å². The number of rotatable bonds is 12. The highest BCUT2D eigenvalue weighted by molar-refractivity contribution is 7.99. The van der Waals surface area contributed by atoms with Crippen molar-refractivity contribution in [2.24, 2.45) is 0 Å². The molecule has 2 aromatic carbocycles. The Bertz CT molecular complexity index is 1290. The smallest absolute Gasteiger partial charge is 0.274 e. The third-order valence-electron chi connectivity index (χ3n) is 5.23. The molecule has 1 heterocycles. The molecule has 194 valence electrons. The Morgan fingerprint density at radius 1 is 1.27 bits per heavy atom. The number of nitrogens with one attached hydrogen (secondary N) is 2. The van der Waals surface area contributed by atoms with Crippen LogP contribution in [0, 0.1) is 17.0 Å². The molecule has 0 unspecified atom stereocenters. The van der Waals surface area contributed by atoms with Gasteiger partial charge in [0.1, 0.15) is 11.8 Å². The van der Waals surface area contributed by atoms with Gasteiger partial charge in [-0.05, 0) is 37.3 Å². The van der Waals surface area contributed by atoms with Gasteiger partial charge in [0.25, 0.3) is 11.6 Å². The molecule has 13 heteroatoms. The number of allylic oxidation sites excluding steroid dienone is 1. The first-order chi connectivity index (χ1) is 17.8. The van der Waals surface area contributed by atoms with Crippen LogP contribution in [0.4, 0.5) is 11.4 Å². The van der Waals surface area contributed by atoms with E-state index in [4.69, 9.17) is 4.74 Å². The summed E-state index contributed by atoms with van der Waals surface area (Å²) in [6.07, 6.45) is 1.60. The minimum Gasteiger partial charge on any atom is -0.497 e. The van der Waals surface area contributed by atoms with E-state index in [1.807, 2.05) is 0 Å². The number of aryl methyl sites for hydroxylation is 1. The first kappa shape index (κ1) is 27.4. The predicted molar refractivity (Wildman–Crippen MR) is 138 cm³/mol. The van der Waals surface area contributed by atoms with Crippen LogP contribution in [-0.4, -0.2) is 56.1 Å². The maximum atomic E-state index is 12.7. The number of methoxy groups -OCH3 is 1. The number of anilines is 1. The van der Waals surface area contributed by atoms with Crippen molar-refractivity contribution < 1.29 is 24.4 Å². The summed E-state index contributed by atoms with van der Waals surface area (Å²) in [6, 6.07) is 10.1. The second-order valence-electron chi connectivity index (χ2n) is 7.77. The third kappa shape index (κ3) is 6.92. The molecule has 1 aromatic heterocycles. The van der Waals surface area contributed by atoms with Gasteiger partial charge in [0.15, 0.2) is 11.0 Å². The monoisotopic (exact) mass is 526 g/mol. The van der Waals surface area contributed by atoms with Crippen molar-refractivity contribution in [3.8, 4) is 5.75 Å². The number of aromatic nitrogens is 3. The van der Waals surface area contributed by atoms with Crippen molar-refractivity contribution in [2.75, 3.05) is 24.8 Å². The minimum absolute atomic E-state index is 0.0566. The number of carbonyl (C=O) groups is 2. The molecule has 0 bridgehead atoms. The second-order valence-corrected chi connectivity index (χ2v) is 8.71.